The predicted molar refractivity (Wildman–Crippen MR) is 140 cm³/mol. The van der Waals surface area contributed by atoms with Gasteiger partial charge in [-0.2, -0.15) is 0 Å². The van der Waals surface area contributed by atoms with Crippen molar-refractivity contribution in [2.45, 2.75) is 69.1 Å². The Morgan fingerprint density at radius 1 is 1.05 bits per heavy atom. The van der Waals surface area contributed by atoms with E-state index in [-0.39, 0.29) is 18.6 Å². The van der Waals surface area contributed by atoms with Gasteiger partial charge in [-0.1, -0.05) is 42.5 Å². The summed E-state index contributed by atoms with van der Waals surface area (Å²) in [6, 6.07) is 17.7. The molecule has 198 valence electrons. The molecule has 1 saturated heterocycles. The molecule has 7 nitrogen and oxygen atoms in total. The van der Waals surface area contributed by atoms with Crippen molar-refractivity contribution in [3.63, 3.8) is 0 Å². The second-order valence-corrected chi connectivity index (χ2v) is 11.0. The average Bonchev–Trinajstić information content (AvgIpc) is 3.72. The van der Waals surface area contributed by atoms with Crippen LogP contribution >= 0.6 is 0 Å². The molecular formula is C30H38N2O5. The van der Waals surface area contributed by atoms with Gasteiger partial charge in [0.2, 0.25) is 0 Å². The molecule has 2 saturated carbocycles. The molecule has 1 heterocycles. The van der Waals surface area contributed by atoms with E-state index in [4.69, 9.17) is 14.2 Å². The summed E-state index contributed by atoms with van der Waals surface area (Å²) in [6.07, 6.45) is 5.07. The fourth-order valence-electron chi connectivity index (χ4n) is 6.48. The van der Waals surface area contributed by atoms with Crippen molar-refractivity contribution in [1.29, 1.82) is 0 Å². The zero-order valence-electron chi connectivity index (χ0n) is 21.9. The van der Waals surface area contributed by atoms with Crippen molar-refractivity contribution in [2.75, 3.05) is 26.7 Å². The van der Waals surface area contributed by atoms with Gasteiger partial charge in [0.05, 0.1) is 7.11 Å². The molecule has 1 N–H and O–H groups in total. The largest absolute Gasteiger partial charge is 0.497 e. The van der Waals surface area contributed by atoms with E-state index >= 15 is 0 Å². The van der Waals surface area contributed by atoms with Crippen molar-refractivity contribution in [1.82, 2.24) is 10.2 Å². The molecule has 3 aliphatic rings. The van der Waals surface area contributed by atoms with Crippen LogP contribution in [0.3, 0.4) is 0 Å². The van der Waals surface area contributed by atoms with Gasteiger partial charge in [-0.25, -0.2) is 4.79 Å². The first-order valence-electron chi connectivity index (χ1n) is 13.5. The second kappa shape index (κ2) is 10.7. The summed E-state index contributed by atoms with van der Waals surface area (Å²) in [4.78, 5) is 27.8. The molecule has 5 rings (SSSR count). The first kappa shape index (κ1) is 25.6. The minimum atomic E-state index is -0.662. The maximum Gasteiger partial charge on any atom is 0.407 e. The number of likely N-dealkylation sites (tertiary alicyclic amines) is 1. The number of amides is 1. The number of esters is 1. The molecule has 7 heteroatoms. The molecule has 3 atom stereocenters. The molecular weight excluding hydrogens is 468 g/mol. The summed E-state index contributed by atoms with van der Waals surface area (Å²) in [5, 5.41) is 3.12. The van der Waals surface area contributed by atoms with Crippen LogP contribution in [0, 0.1) is 5.92 Å². The van der Waals surface area contributed by atoms with E-state index in [1.165, 1.54) is 19.8 Å². The van der Waals surface area contributed by atoms with Gasteiger partial charge >= 0.3 is 12.1 Å². The van der Waals surface area contributed by atoms with Crippen LogP contribution in [0.2, 0.25) is 0 Å². The van der Waals surface area contributed by atoms with Gasteiger partial charge in [-0.05, 0) is 74.2 Å². The normalized spacial score (nSPS) is 27.6. The Bertz CT molecular complexity index is 1100. The van der Waals surface area contributed by atoms with Gasteiger partial charge in [0.25, 0.3) is 0 Å². The van der Waals surface area contributed by atoms with E-state index in [9.17, 15) is 9.59 Å². The highest BCUT2D eigenvalue weighted by atomic mass is 16.6. The van der Waals surface area contributed by atoms with Gasteiger partial charge in [0.15, 0.2) is 0 Å². The first-order valence-corrected chi connectivity index (χ1v) is 13.5. The Morgan fingerprint density at radius 2 is 1.86 bits per heavy atom. The lowest BCUT2D eigenvalue weighted by atomic mass is 9.55. The lowest BCUT2D eigenvalue weighted by Gasteiger charge is -2.59. The zero-order chi connectivity index (χ0) is 25.9. The molecule has 0 unspecified atom stereocenters. The number of carbonyl (C=O) groups is 2. The molecule has 2 aliphatic carbocycles. The maximum absolute atomic E-state index is 12.8. The molecule has 2 aromatic rings. The standard InChI is InChI=1S/C30H38N2O5/c1-22(33)37-30-14-13-26(31-28(34)36-20-24-7-4-3-5-8-24)18-29(30,25-9-6-10-27(17-25)35-2)15-16-32(21-30)19-23-11-12-23/h3-10,17,23,26H,11-16,18-21H2,1-2H3,(H,31,34)/t26-,29-,30-/m0/s1. The van der Waals surface area contributed by atoms with E-state index < -0.39 is 17.1 Å². The van der Waals surface area contributed by atoms with Crippen molar-refractivity contribution in [3.8, 4) is 5.75 Å². The van der Waals surface area contributed by atoms with Crippen molar-refractivity contribution >= 4 is 12.1 Å². The maximum atomic E-state index is 12.8. The SMILES string of the molecule is COc1cccc([C@@]23CCN(CC4CC4)C[C@@]2(OC(C)=O)CC[C@H](NC(=O)OCc2ccccc2)C3)c1. The number of alkyl carbamates (subject to hydrolysis) is 1. The number of rotatable bonds is 8. The molecule has 1 aliphatic heterocycles. The number of nitrogens with one attached hydrogen (secondary N) is 1. The van der Waals surface area contributed by atoms with Crippen molar-refractivity contribution in [3.05, 3.63) is 65.7 Å². The Hall–Kier alpha value is -3.06. The van der Waals surface area contributed by atoms with Crippen molar-refractivity contribution < 1.29 is 23.8 Å². The van der Waals surface area contributed by atoms with Gasteiger partial charge in [0, 0.05) is 31.5 Å². The first-order chi connectivity index (χ1) is 17.9. The summed E-state index contributed by atoms with van der Waals surface area (Å²) < 4.78 is 17.5. The zero-order valence-corrected chi connectivity index (χ0v) is 21.9. The number of piperidine rings is 1. The molecule has 0 aromatic heterocycles. The van der Waals surface area contributed by atoms with E-state index in [1.54, 1.807) is 7.11 Å². The smallest absolute Gasteiger partial charge is 0.407 e. The van der Waals surface area contributed by atoms with Gasteiger partial charge in [-0.15, -0.1) is 0 Å². The van der Waals surface area contributed by atoms with E-state index in [1.807, 2.05) is 42.5 Å². The van der Waals surface area contributed by atoms with E-state index in [0.717, 1.165) is 48.7 Å². The fourth-order valence-corrected chi connectivity index (χ4v) is 6.48. The van der Waals surface area contributed by atoms with Crippen LogP contribution in [0.25, 0.3) is 0 Å². The number of fused-ring (bicyclic) bond motifs is 1. The summed E-state index contributed by atoms with van der Waals surface area (Å²) in [7, 11) is 1.67. The molecule has 3 fully saturated rings. The third-order valence-electron chi connectivity index (χ3n) is 8.41. The summed E-state index contributed by atoms with van der Waals surface area (Å²) in [6.45, 7) is 4.45. The number of ether oxygens (including phenoxy) is 3. The highest BCUT2D eigenvalue weighted by Crippen LogP contribution is 2.54. The quantitative estimate of drug-likeness (QED) is 0.517. The Kier molecular flexibility index (Phi) is 7.43. The number of hydrogen-bond donors (Lipinski definition) is 1. The molecule has 0 spiro atoms. The van der Waals surface area contributed by atoms with E-state index in [2.05, 4.69) is 22.3 Å². The van der Waals surface area contributed by atoms with Crippen LogP contribution in [0.1, 0.15) is 56.6 Å². The Balaban J connectivity index is 1.40. The minimum absolute atomic E-state index is 0.0897. The third-order valence-corrected chi connectivity index (χ3v) is 8.41. The van der Waals surface area contributed by atoms with Crippen LogP contribution in [0.15, 0.2) is 54.6 Å². The number of benzene rings is 2. The molecule has 0 radical (unpaired) electrons. The van der Waals surface area contributed by atoms with Crippen LogP contribution in [0.5, 0.6) is 5.75 Å². The second-order valence-electron chi connectivity index (χ2n) is 11.0. The number of hydrogen-bond acceptors (Lipinski definition) is 6. The summed E-state index contributed by atoms with van der Waals surface area (Å²) >= 11 is 0. The van der Waals surface area contributed by atoms with Crippen molar-refractivity contribution in [2.24, 2.45) is 5.92 Å². The molecule has 0 bridgehead atoms. The van der Waals surface area contributed by atoms with E-state index in [0.29, 0.717) is 19.4 Å². The fraction of sp³-hybridized carbons (Fsp3) is 0.533. The topological polar surface area (TPSA) is 77.1 Å². The Morgan fingerprint density at radius 3 is 2.59 bits per heavy atom. The summed E-state index contributed by atoms with van der Waals surface area (Å²) in [5.41, 5.74) is 0.947. The van der Waals surface area contributed by atoms with Crippen LogP contribution in [-0.4, -0.2) is 55.3 Å². The third kappa shape index (κ3) is 5.61. The summed E-state index contributed by atoms with van der Waals surface area (Å²) in [5.74, 6) is 1.28. The van der Waals surface area contributed by atoms with Gasteiger partial charge in [0.1, 0.15) is 18.0 Å². The van der Waals surface area contributed by atoms with Gasteiger partial charge < -0.3 is 19.5 Å². The van der Waals surface area contributed by atoms with Gasteiger partial charge in [-0.3, -0.25) is 9.69 Å². The highest BCUT2D eigenvalue weighted by molar-refractivity contribution is 5.68. The molecule has 2 aromatic carbocycles. The number of nitrogens with zero attached hydrogens (tertiary/aromatic N) is 1. The lowest BCUT2D eigenvalue weighted by Crippen LogP contribution is -2.68. The molecule has 1 amide bonds. The van der Waals surface area contributed by atoms with Crippen LogP contribution < -0.4 is 10.1 Å². The average molecular weight is 507 g/mol. The van der Waals surface area contributed by atoms with Crippen LogP contribution in [0.4, 0.5) is 4.79 Å². The number of carbonyl (C=O) groups excluding carboxylic acids is 2. The monoisotopic (exact) mass is 506 g/mol. The molecule has 37 heavy (non-hydrogen) atoms. The van der Waals surface area contributed by atoms with Crippen LogP contribution in [-0.2, 0) is 26.3 Å². The lowest BCUT2D eigenvalue weighted by molar-refractivity contribution is -0.187. The predicted octanol–water partition coefficient (Wildman–Crippen LogP) is 4.83. The highest BCUT2D eigenvalue weighted by Gasteiger charge is 2.61. The number of methoxy groups -OCH3 is 1. The minimum Gasteiger partial charge on any atom is -0.497 e. The Labute approximate surface area is 219 Å².